The van der Waals surface area contributed by atoms with Crippen molar-refractivity contribution in [3.63, 3.8) is 0 Å². The molecular weight excluding hydrogens is 932 g/mol. The molecule has 0 aromatic heterocycles. The Bertz CT molecular complexity index is 1760. The third-order valence-corrected chi connectivity index (χ3v) is 25.1. The van der Waals surface area contributed by atoms with Crippen molar-refractivity contribution in [2.24, 2.45) is 17.8 Å². The highest BCUT2D eigenvalue weighted by molar-refractivity contribution is 6.74. The standard InChI is InChI=1S/C26H48O5Si2.C16H29ClOSi.C10H20O4Si/c1-18-14-15-21(17-22(18)30-33(12,13)25(4,5)6)19(2)16-20(3)23(27)26(7,24(28)29-8)31-32(9,10)11;1-12-8-9-14(13(2)11-17)10-15(12)18-19(6,7)16(3,4)5;1-7-8(11)10(2,9(12)13-3)14-15(4,5)6/h14,20-22H,2,15-17H2,1,3-13H3;8,14-15H,2,9-11H2,1,3-7H3;7H2,1-6H3/t20-,21-,22-,26+;14-,15-;10-/m110/s1. The molecule has 0 spiro atoms. The molecular formula is C52H97ClO10Si4. The zero-order valence-corrected chi connectivity index (χ0v) is 51.6. The van der Waals surface area contributed by atoms with Crippen LogP contribution in [0.5, 0.6) is 0 Å². The van der Waals surface area contributed by atoms with Crippen molar-refractivity contribution in [1.82, 2.24) is 0 Å². The maximum absolute atomic E-state index is 13.4. The molecule has 0 saturated heterocycles. The number of allylic oxidation sites excluding steroid dienone is 4. The summed E-state index contributed by atoms with van der Waals surface area (Å²) < 4.78 is 34.6. The monoisotopic (exact) mass is 1030 g/mol. The highest BCUT2D eigenvalue weighted by atomic mass is 35.5. The smallest absolute Gasteiger partial charge is 0.344 e. The summed E-state index contributed by atoms with van der Waals surface area (Å²) in [5.41, 5.74) is 1.82. The lowest BCUT2D eigenvalue weighted by atomic mass is 9.79. The van der Waals surface area contributed by atoms with Gasteiger partial charge in [-0.25, -0.2) is 9.59 Å². The number of methoxy groups -OCH3 is 2. The first kappa shape index (κ1) is 65.2. The molecule has 0 aromatic rings. The van der Waals surface area contributed by atoms with Gasteiger partial charge in [0.25, 0.3) is 0 Å². The molecule has 10 nitrogen and oxygen atoms in total. The van der Waals surface area contributed by atoms with E-state index in [4.69, 9.17) is 34.0 Å². The Morgan fingerprint density at radius 2 is 1.00 bits per heavy atom. The summed E-state index contributed by atoms with van der Waals surface area (Å²) in [5, 5.41) is 0.399. The van der Waals surface area contributed by atoms with Gasteiger partial charge in [-0.1, -0.05) is 91.8 Å². The Balaban J connectivity index is 0.00000108. The van der Waals surface area contributed by atoms with Crippen molar-refractivity contribution in [2.45, 2.75) is 221 Å². The lowest BCUT2D eigenvalue weighted by molar-refractivity contribution is -0.166. The van der Waals surface area contributed by atoms with Crippen molar-refractivity contribution in [3.8, 4) is 0 Å². The third kappa shape index (κ3) is 19.8. The van der Waals surface area contributed by atoms with Crippen molar-refractivity contribution in [2.75, 3.05) is 20.1 Å². The van der Waals surface area contributed by atoms with Gasteiger partial charge < -0.3 is 27.2 Å². The van der Waals surface area contributed by atoms with Crippen LogP contribution in [-0.4, -0.2) is 100 Å². The Kier molecular flexibility index (Phi) is 24.9. The van der Waals surface area contributed by atoms with Gasteiger partial charge >= 0.3 is 11.9 Å². The summed E-state index contributed by atoms with van der Waals surface area (Å²) in [6.45, 7) is 53.9. The second-order valence-electron chi connectivity index (χ2n) is 24.1. The van der Waals surface area contributed by atoms with Crippen LogP contribution in [-0.2, 0) is 46.4 Å². The Labute approximate surface area is 418 Å². The molecule has 2 aliphatic carbocycles. The Hall–Kier alpha value is -1.76. The number of Topliss-reactive ketones (excluding diaryl/α,β-unsaturated/α-hetero) is 2. The van der Waals surface area contributed by atoms with Gasteiger partial charge in [0.1, 0.15) is 0 Å². The molecule has 0 fully saturated rings. The van der Waals surface area contributed by atoms with Crippen LogP contribution in [0, 0.1) is 17.8 Å². The first-order valence-corrected chi connectivity index (χ1v) is 37.4. The van der Waals surface area contributed by atoms with Crippen LogP contribution >= 0.6 is 11.6 Å². The van der Waals surface area contributed by atoms with Crippen molar-refractivity contribution < 1.29 is 46.4 Å². The van der Waals surface area contributed by atoms with Crippen LogP contribution in [0.4, 0.5) is 0 Å². The molecule has 0 unspecified atom stereocenters. The highest BCUT2D eigenvalue weighted by Gasteiger charge is 2.49. The van der Waals surface area contributed by atoms with Crippen LogP contribution in [0.2, 0.25) is 75.5 Å². The number of rotatable bonds is 19. The van der Waals surface area contributed by atoms with E-state index in [0.717, 1.165) is 36.8 Å². The Morgan fingerprint density at radius 3 is 1.31 bits per heavy atom. The van der Waals surface area contributed by atoms with E-state index in [0.29, 0.717) is 18.2 Å². The highest BCUT2D eigenvalue weighted by Crippen LogP contribution is 2.43. The second kappa shape index (κ2) is 25.6. The molecule has 0 amide bonds. The lowest BCUT2D eigenvalue weighted by Gasteiger charge is -2.42. The maximum Gasteiger partial charge on any atom is 0.344 e. The summed E-state index contributed by atoms with van der Waals surface area (Å²) >= 11 is 5.92. The maximum atomic E-state index is 13.4. The summed E-state index contributed by atoms with van der Waals surface area (Å²) in [7, 11) is -5.20. The van der Waals surface area contributed by atoms with Crippen molar-refractivity contribution in [3.05, 3.63) is 47.6 Å². The van der Waals surface area contributed by atoms with E-state index < -0.39 is 62.3 Å². The lowest BCUT2D eigenvalue weighted by Crippen LogP contribution is -2.54. The Morgan fingerprint density at radius 1 is 0.657 bits per heavy atom. The average Bonchev–Trinajstić information content (AvgIpc) is 3.18. The number of esters is 2. The molecule has 2 aliphatic rings. The number of hydrogen-bond acceptors (Lipinski definition) is 10. The number of ketones is 2. The van der Waals surface area contributed by atoms with Crippen LogP contribution in [0.3, 0.4) is 0 Å². The first-order chi connectivity index (χ1) is 30.0. The zero-order valence-electron chi connectivity index (χ0n) is 46.9. The van der Waals surface area contributed by atoms with Gasteiger partial charge in [-0.05, 0) is 158 Å². The SMILES string of the molecule is C=C(CCl)[C@@H]1CC=C(C)[C@H](O[Si](C)(C)C(C)(C)C)C1.C=C(C[C@@H](C)C(=O)[C@](C)(O[Si](C)(C)C)C(=O)OC)[C@@H]1CC=C(C)[C@H](O[Si](C)(C)C(C)(C)C)C1.CCC(=O)[C@](C)(O[Si](C)(C)C)C(=O)OC. The quantitative estimate of drug-likeness (QED) is 0.0406. The third-order valence-electron chi connectivity index (χ3n) is 13.8. The minimum Gasteiger partial charge on any atom is -0.467 e. The van der Waals surface area contributed by atoms with Crippen molar-refractivity contribution in [1.29, 1.82) is 0 Å². The minimum absolute atomic E-state index is 0.0861. The fraction of sp³-hybridized carbons (Fsp3) is 0.769. The number of halogens is 1. The van der Waals surface area contributed by atoms with Gasteiger partial charge in [-0.2, -0.15) is 0 Å². The van der Waals surface area contributed by atoms with Crippen LogP contribution in [0.25, 0.3) is 0 Å². The van der Waals surface area contributed by atoms with Crippen LogP contribution in [0.15, 0.2) is 47.6 Å². The molecule has 0 heterocycles. The second-order valence-corrected chi connectivity index (χ2v) is 42.8. The summed E-state index contributed by atoms with van der Waals surface area (Å²) in [6, 6.07) is 0. The van der Waals surface area contributed by atoms with Gasteiger partial charge in [-0.15, -0.1) is 11.6 Å². The van der Waals surface area contributed by atoms with E-state index in [9.17, 15) is 19.2 Å². The number of carbonyl (C=O) groups is 4. The fourth-order valence-corrected chi connectivity index (χ4v) is 13.3. The molecule has 0 bridgehead atoms. The number of alkyl halides is 1. The molecule has 0 saturated carbocycles. The van der Waals surface area contributed by atoms with E-state index in [-0.39, 0.29) is 46.2 Å². The van der Waals surface area contributed by atoms with Gasteiger partial charge in [0.05, 0.1) is 26.4 Å². The van der Waals surface area contributed by atoms with E-state index in [1.54, 1.807) is 13.8 Å². The molecule has 7 atom stereocenters. The molecule has 0 aromatic carbocycles. The molecule has 15 heteroatoms. The number of carbonyl (C=O) groups excluding carboxylic acids is 4. The molecule has 0 aliphatic heterocycles. The number of ether oxygens (including phenoxy) is 2. The first-order valence-electron chi connectivity index (χ1n) is 24.3. The predicted octanol–water partition coefficient (Wildman–Crippen LogP) is 13.9. The molecule has 67 heavy (non-hydrogen) atoms. The number of hydrogen-bond donors (Lipinski definition) is 0. The van der Waals surface area contributed by atoms with Crippen LogP contribution < -0.4 is 0 Å². The molecule has 388 valence electrons. The van der Waals surface area contributed by atoms with E-state index >= 15 is 0 Å². The van der Waals surface area contributed by atoms with Gasteiger partial charge in [0.2, 0.25) is 11.2 Å². The predicted molar refractivity (Wildman–Crippen MR) is 290 cm³/mol. The summed E-state index contributed by atoms with van der Waals surface area (Å²) in [6.07, 6.45) is 9.58. The van der Waals surface area contributed by atoms with Gasteiger partial charge in [-0.3, -0.25) is 9.59 Å². The summed E-state index contributed by atoms with van der Waals surface area (Å²) in [5.74, 6) is -0.833. The van der Waals surface area contributed by atoms with E-state index in [2.05, 4.69) is 112 Å². The molecule has 0 radical (unpaired) electrons. The topological polar surface area (TPSA) is 124 Å². The van der Waals surface area contributed by atoms with Gasteiger partial charge in [0.15, 0.2) is 44.8 Å². The average molecular weight is 1030 g/mol. The van der Waals surface area contributed by atoms with E-state index in [1.165, 1.54) is 32.3 Å². The summed E-state index contributed by atoms with van der Waals surface area (Å²) in [4.78, 5) is 49.2. The van der Waals surface area contributed by atoms with Crippen LogP contribution in [0.1, 0.15) is 122 Å². The largest absolute Gasteiger partial charge is 0.467 e. The normalized spacial score (nSPS) is 21.8. The van der Waals surface area contributed by atoms with Gasteiger partial charge in [0, 0.05) is 18.2 Å². The van der Waals surface area contributed by atoms with Crippen molar-refractivity contribution >= 4 is 68.4 Å². The molecule has 2 rings (SSSR count). The van der Waals surface area contributed by atoms with E-state index in [1.807, 2.05) is 46.2 Å². The molecule has 0 N–H and O–H groups in total. The minimum atomic E-state index is -2.17. The zero-order chi connectivity index (χ0) is 53.1. The fourth-order valence-electron chi connectivity index (χ4n) is 7.60.